The van der Waals surface area contributed by atoms with E-state index < -0.39 is 0 Å². The Balaban J connectivity index is 1.75. The summed E-state index contributed by atoms with van der Waals surface area (Å²) >= 11 is 0. The van der Waals surface area contributed by atoms with Crippen molar-refractivity contribution in [3.05, 3.63) is 41.7 Å². The van der Waals surface area contributed by atoms with Gasteiger partial charge in [0, 0.05) is 20.1 Å². The number of likely N-dealkylation sites (N-methyl/N-ethyl adjacent to an activating group) is 2. The van der Waals surface area contributed by atoms with Crippen molar-refractivity contribution in [1.82, 2.24) is 20.2 Å². The fraction of sp³-hybridized carbons (Fsp3) is 0.316. The summed E-state index contributed by atoms with van der Waals surface area (Å²) in [4.78, 5) is 25.9. The van der Waals surface area contributed by atoms with E-state index >= 15 is 0 Å². The van der Waals surface area contributed by atoms with Crippen molar-refractivity contribution in [1.29, 1.82) is 0 Å². The van der Waals surface area contributed by atoms with E-state index in [1.807, 2.05) is 49.3 Å². The third-order valence-electron chi connectivity index (χ3n) is 4.66. The largest absolute Gasteiger partial charge is 0.367 e. The van der Waals surface area contributed by atoms with Gasteiger partial charge in [0.15, 0.2) is 5.82 Å². The second-order valence-corrected chi connectivity index (χ2v) is 6.81. The van der Waals surface area contributed by atoms with Crippen LogP contribution in [0.25, 0.3) is 6.08 Å². The first-order valence-electron chi connectivity index (χ1n) is 8.92. The molecule has 0 spiro atoms. The van der Waals surface area contributed by atoms with Crippen LogP contribution in [0.3, 0.4) is 0 Å². The summed E-state index contributed by atoms with van der Waals surface area (Å²) in [6.07, 6.45) is 3.22. The third kappa shape index (κ3) is 3.08. The zero-order chi connectivity index (χ0) is 19.0. The number of nitrogens with one attached hydrogen (secondary N) is 3. The molecule has 4 rings (SSSR count). The second-order valence-electron chi connectivity index (χ2n) is 6.81. The van der Waals surface area contributed by atoms with Gasteiger partial charge in [0.1, 0.15) is 17.7 Å². The van der Waals surface area contributed by atoms with Crippen LogP contribution in [0.2, 0.25) is 0 Å². The molecule has 8 heteroatoms. The molecule has 1 aromatic heterocycles. The van der Waals surface area contributed by atoms with Crippen molar-refractivity contribution in [3.63, 3.8) is 0 Å². The molecular weight excluding hydrogens is 342 g/mol. The number of hydrogen-bond donors (Lipinski definition) is 3. The summed E-state index contributed by atoms with van der Waals surface area (Å²) in [6.45, 7) is 1.67. The molecular formula is C19H23N7O. The average Bonchev–Trinajstić information content (AvgIpc) is 3.06. The number of fused-ring (bicyclic) bond motifs is 5. The van der Waals surface area contributed by atoms with Gasteiger partial charge >= 0.3 is 0 Å². The van der Waals surface area contributed by atoms with Gasteiger partial charge in [0.05, 0.1) is 23.1 Å². The molecule has 140 valence electrons. The van der Waals surface area contributed by atoms with Crippen LogP contribution in [-0.4, -0.2) is 61.2 Å². The van der Waals surface area contributed by atoms with E-state index in [4.69, 9.17) is 4.98 Å². The predicted octanol–water partition coefficient (Wildman–Crippen LogP) is 1.48. The first-order chi connectivity index (χ1) is 13.1. The highest BCUT2D eigenvalue weighted by Crippen LogP contribution is 2.45. The van der Waals surface area contributed by atoms with Crippen LogP contribution in [0.1, 0.15) is 5.69 Å². The molecule has 27 heavy (non-hydrogen) atoms. The molecule has 0 aliphatic carbocycles. The van der Waals surface area contributed by atoms with E-state index in [2.05, 4.69) is 25.8 Å². The fourth-order valence-electron chi connectivity index (χ4n) is 3.33. The molecule has 3 heterocycles. The van der Waals surface area contributed by atoms with Crippen molar-refractivity contribution in [2.45, 2.75) is 6.17 Å². The smallest absolute Gasteiger partial charge is 0.251 e. The first kappa shape index (κ1) is 17.3. The Morgan fingerprint density at radius 1 is 1.33 bits per heavy atom. The molecule has 2 aromatic rings. The lowest BCUT2D eigenvalue weighted by Crippen LogP contribution is -2.42. The number of amides is 1. The number of rotatable bonds is 5. The minimum atomic E-state index is -0.304. The van der Waals surface area contributed by atoms with Crippen LogP contribution < -0.4 is 20.9 Å². The molecule has 2 aliphatic rings. The minimum Gasteiger partial charge on any atom is -0.367 e. The Morgan fingerprint density at radius 2 is 2.15 bits per heavy atom. The van der Waals surface area contributed by atoms with Gasteiger partial charge in [-0.05, 0) is 32.3 Å². The maximum atomic E-state index is 12.4. The fourth-order valence-corrected chi connectivity index (χ4v) is 3.33. The Hall–Kier alpha value is -3.13. The summed E-state index contributed by atoms with van der Waals surface area (Å²) in [5, 5.41) is 9.45. The molecule has 8 nitrogen and oxygen atoms in total. The van der Waals surface area contributed by atoms with Crippen molar-refractivity contribution >= 4 is 35.0 Å². The van der Waals surface area contributed by atoms with Crippen molar-refractivity contribution < 1.29 is 4.79 Å². The number of hydrogen-bond acceptors (Lipinski definition) is 7. The van der Waals surface area contributed by atoms with Crippen LogP contribution in [-0.2, 0) is 4.79 Å². The maximum Gasteiger partial charge on any atom is 0.251 e. The molecule has 2 aliphatic heterocycles. The summed E-state index contributed by atoms with van der Waals surface area (Å²) in [5.74, 6) is 1.32. The van der Waals surface area contributed by atoms with Crippen molar-refractivity contribution in [2.75, 3.05) is 49.8 Å². The van der Waals surface area contributed by atoms with E-state index in [9.17, 15) is 4.79 Å². The highest BCUT2D eigenvalue weighted by molar-refractivity contribution is 6.04. The topological polar surface area (TPSA) is 85.4 Å². The Kier molecular flexibility index (Phi) is 4.41. The molecule has 0 radical (unpaired) electrons. The highest BCUT2D eigenvalue weighted by atomic mass is 16.1. The summed E-state index contributed by atoms with van der Waals surface area (Å²) < 4.78 is 0. The summed E-state index contributed by atoms with van der Waals surface area (Å²) in [5.41, 5.74) is 3.25. The number of anilines is 4. The summed E-state index contributed by atoms with van der Waals surface area (Å²) in [7, 11) is 5.69. The monoisotopic (exact) mass is 365 g/mol. The van der Waals surface area contributed by atoms with Crippen LogP contribution in [0.15, 0.2) is 36.0 Å². The minimum absolute atomic E-state index is 0.133. The van der Waals surface area contributed by atoms with Gasteiger partial charge < -0.3 is 20.9 Å². The number of para-hydroxylation sites is 2. The number of carbonyl (C=O) groups is 1. The lowest BCUT2D eigenvalue weighted by molar-refractivity contribution is -0.117. The average molecular weight is 365 g/mol. The SMILES string of the molecule is CNC(=O)C1=Cc2ncc(NCCN(C)C)nc2N2c3ccccc3N[C@H]12. The Morgan fingerprint density at radius 3 is 2.93 bits per heavy atom. The number of aromatic nitrogens is 2. The Bertz CT molecular complexity index is 909. The maximum absolute atomic E-state index is 12.4. The van der Waals surface area contributed by atoms with Gasteiger partial charge in [-0.3, -0.25) is 9.69 Å². The molecule has 1 amide bonds. The van der Waals surface area contributed by atoms with Gasteiger partial charge in [0.25, 0.3) is 5.91 Å². The van der Waals surface area contributed by atoms with Crippen LogP contribution >= 0.6 is 0 Å². The predicted molar refractivity (Wildman–Crippen MR) is 107 cm³/mol. The van der Waals surface area contributed by atoms with Crippen LogP contribution in [0.4, 0.5) is 23.0 Å². The number of benzene rings is 1. The third-order valence-corrected chi connectivity index (χ3v) is 4.66. The zero-order valence-corrected chi connectivity index (χ0v) is 15.7. The Labute approximate surface area is 158 Å². The van der Waals surface area contributed by atoms with E-state index in [0.717, 1.165) is 36.1 Å². The van der Waals surface area contributed by atoms with Crippen LogP contribution in [0, 0.1) is 0 Å². The molecule has 0 bridgehead atoms. The van der Waals surface area contributed by atoms with Gasteiger partial charge in [-0.15, -0.1) is 0 Å². The van der Waals surface area contributed by atoms with E-state index in [1.54, 1.807) is 13.2 Å². The van der Waals surface area contributed by atoms with Gasteiger partial charge in [-0.2, -0.15) is 0 Å². The molecule has 3 N–H and O–H groups in total. The second kappa shape index (κ2) is 6.88. The lowest BCUT2D eigenvalue weighted by Gasteiger charge is -2.31. The highest BCUT2D eigenvalue weighted by Gasteiger charge is 2.40. The molecule has 1 aromatic carbocycles. The molecule has 0 saturated carbocycles. The van der Waals surface area contributed by atoms with Gasteiger partial charge in [-0.25, -0.2) is 9.97 Å². The molecule has 0 fully saturated rings. The van der Waals surface area contributed by atoms with Gasteiger partial charge in [0.2, 0.25) is 0 Å². The van der Waals surface area contributed by atoms with Crippen molar-refractivity contribution in [2.24, 2.45) is 0 Å². The van der Waals surface area contributed by atoms with Crippen molar-refractivity contribution in [3.8, 4) is 0 Å². The number of carbonyl (C=O) groups excluding carboxylic acids is 1. The van der Waals surface area contributed by atoms with Gasteiger partial charge in [-0.1, -0.05) is 12.1 Å². The quantitative estimate of drug-likeness (QED) is 0.740. The first-order valence-corrected chi connectivity index (χ1v) is 8.92. The molecule has 1 atom stereocenters. The standard InChI is InChI=1S/C19H23N7O/c1-20-19(27)12-10-14-18(24-16(11-22-14)21-8-9-25(2)3)26-15-7-5-4-6-13(15)23-17(12)26/h4-7,10-11,17,23H,8-9H2,1-3H3,(H,20,27)(H,21,24)/t17-/m0/s1. The van der Waals surface area contributed by atoms with E-state index in [1.165, 1.54) is 0 Å². The molecule has 0 unspecified atom stereocenters. The lowest BCUT2D eigenvalue weighted by atomic mass is 10.1. The van der Waals surface area contributed by atoms with Crippen LogP contribution in [0.5, 0.6) is 0 Å². The van der Waals surface area contributed by atoms with E-state index in [0.29, 0.717) is 11.3 Å². The normalized spacial score (nSPS) is 16.8. The summed E-state index contributed by atoms with van der Waals surface area (Å²) in [6, 6.07) is 7.97. The zero-order valence-electron chi connectivity index (χ0n) is 15.7. The molecule has 0 saturated heterocycles. The van der Waals surface area contributed by atoms with E-state index in [-0.39, 0.29) is 12.1 Å². The number of nitrogens with zero attached hydrogens (tertiary/aromatic N) is 4.